The summed E-state index contributed by atoms with van der Waals surface area (Å²) in [4.78, 5) is 20.7. The molecule has 1 aromatic carbocycles. The lowest BCUT2D eigenvalue weighted by molar-refractivity contribution is -0.148. The SMILES string of the molecule is CN=C[C@@]1(c2ccc3c(N)ncnn23)O[C@H](COP(=O)(N[C@@H](C)C(=O)OCC(C)(C)C)Oc2ccccc2)[C@@H](O)[C@H]1O. The van der Waals surface area contributed by atoms with Crippen LogP contribution in [0, 0.1) is 5.41 Å². The van der Waals surface area contributed by atoms with Crippen LogP contribution in [0.3, 0.4) is 0 Å². The highest BCUT2D eigenvalue weighted by Crippen LogP contribution is 2.47. The molecule has 1 saturated heterocycles. The molecule has 3 heterocycles. The van der Waals surface area contributed by atoms with Crippen molar-refractivity contribution in [1.82, 2.24) is 19.7 Å². The number of aliphatic hydroxyl groups is 2. The fourth-order valence-electron chi connectivity index (χ4n) is 4.39. The molecule has 3 aromatic rings. The molecule has 1 fully saturated rings. The number of esters is 1. The van der Waals surface area contributed by atoms with E-state index in [4.69, 9.17) is 24.3 Å². The molecular formula is C27H37N6O8P. The largest absolute Gasteiger partial charge is 0.464 e. The predicted octanol–water partition coefficient (Wildman–Crippen LogP) is 2.10. The van der Waals surface area contributed by atoms with Crippen molar-refractivity contribution in [3.05, 3.63) is 54.5 Å². The number of nitrogens with one attached hydrogen (secondary N) is 1. The highest BCUT2D eigenvalue weighted by atomic mass is 31.2. The first kappa shape index (κ1) is 31.5. The molecule has 0 saturated carbocycles. The zero-order chi connectivity index (χ0) is 30.7. The van der Waals surface area contributed by atoms with Gasteiger partial charge in [0.1, 0.15) is 41.9 Å². The standard InChI is InChI=1S/C27H37N6O8P/c1-17(25(36)38-15-26(2,3)4)32-42(37,41-18-9-7-6-8-10-18)39-13-20-22(34)23(35)27(40-20,14-29-5)21-12-11-19-24(28)30-16-31-33(19)21/h6-12,14,16-17,20,22-23,34-35H,13,15H2,1-5H3,(H,32,37)(H2,28,30,31)/t17-,20+,22+,23+,27-,42?/m0/s1. The fraction of sp³-hybridized carbons (Fsp3) is 0.481. The maximum Gasteiger partial charge on any atom is 0.459 e. The summed E-state index contributed by atoms with van der Waals surface area (Å²) in [6, 6.07) is 10.4. The number of fused-ring (bicyclic) bond motifs is 1. The highest BCUT2D eigenvalue weighted by Gasteiger charge is 2.56. The summed E-state index contributed by atoms with van der Waals surface area (Å²) < 4.78 is 38.3. The number of rotatable bonds is 11. The maximum absolute atomic E-state index is 13.9. The zero-order valence-corrected chi connectivity index (χ0v) is 25.0. The van der Waals surface area contributed by atoms with Crippen molar-refractivity contribution in [3.8, 4) is 5.75 Å². The van der Waals surface area contributed by atoms with Crippen LogP contribution in [0.25, 0.3) is 5.52 Å². The van der Waals surface area contributed by atoms with Gasteiger partial charge in [0.05, 0.1) is 18.9 Å². The average molecular weight is 605 g/mol. The number of ether oxygens (including phenoxy) is 2. The van der Waals surface area contributed by atoms with Gasteiger partial charge in [0, 0.05) is 13.3 Å². The Morgan fingerprint density at radius 1 is 1.29 bits per heavy atom. The zero-order valence-electron chi connectivity index (χ0n) is 24.1. The minimum atomic E-state index is -4.28. The van der Waals surface area contributed by atoms with Gasteiger partial charge in [-0.15, -0.1) is 0 Å². The number of hydrogen-bond donors (Lipinski definition) is 4. The molecule has 4 rings (SSSR count). The minimum Gasteiger partial charge on any atom is -0.464 e. The topological polar surface area (TPSA) is 192 Å². The summed E-state index contributed by atoms with van der Waals surface area (Å²) in [5.41, 5.74) is 4.81. The third kappa shape index (κ3) is 6.80. The van der Waals surface area contributed by atoms with Gasteiger partial charge in [-0.1, -0.05) is 39.0 Å². The number of aromatic nitrogens is 3. The summed E-state index contributed by atoms with van der Waals surface area (Å²) in [6.45, 7) is 6.85. The van der Waals surface area contributed by atoms with E-state index in [2.05, 4.69) is 20.2 Å². The van der Waals surface area contributed by atoms with Crippen molar-refractivity contribution in [3.63, 3.8) is 0 Å². The predicted molar refractivity (Wildman–Crippen MR) is 154 cm³/mol. The number of nitrogens with zero attached hydrogens (tertiary/aromatic N) is 4. The molecule has 0 radical (unpaired) electrons. The lowest BCUT2D eigenvalue weighted by Crippen LogP contribution is -2.43. The van der Waals surface area contributed by atoms with Crippen LogP contribution in [-0.2, 0) is 29.0 Å². The monoisotopic (exact) mass is 604 g/mol. The van der Waals surface area contributed by atoms with Crippen LogP contribution < -0.4 is 15.3 Å². The third-order valence-corrected chi connectivity index (χ3v) is 8.07. The molecule has 6 atom stereocenters. The van der Waals surface area contributed by atoms with Gasteiger partial charge in [-0.25, -0.2) is 14.1 Å². The quantitative estimate of drug-likeness (QED) is 0.142. The van der Waals surface area contributed by atoms with Crippen LogP contribution in [0.5, 0.6) is 5.75 Å². The molecule has 0 amide bonds. The van der Waals surface area contributed by atoms with Gasteiger partial charge in [-0.2, -0.15) is 10.2 Å². The molecule has 1 aliphatic rings. The second-order valence-corrected chi connectivity index (χ2v) is 12.8. The summed E-state index contributed by atoms with van der Waals surface area (Å²) in [5.74, 6) is -0.244. The number of para-hydroxylation sites is 1. The van der Waals surface area contributed by atoms with E-state index in [-0.39, 0.29) is 23.6 Å². The van der Waals surface area contributed by atoms with Crippen LogP contribution in [0.2, 0.25) is 0 Å². The Labute approximate surface area is 243 Å². The normalized spacial score (nSPS) is 25.0. The Bertz CT molecular complexity index is 1460. The van der Waals surface area contributed by atoms with E-state index in [1.54, 1.807) is 42.5 Å². The lowest BCUT2D eigenvalue weighted by atomic mass is 9.92. The van der Waals surface area contributed by atoms with Crippen LogP contribution in [0.15, 0.2) is 53.8 Å². The highest BCUT2D eigenvalue weighted by molar-refractivity contribution is 7.52. The Kier molecular flexibility index (Phi) is 9.36. The van der Waals surface area contributed by atoms with Crippen LogP contribution in [0.1, 0.15) is 33.4 Å². The van der Waals surface area contributed by atoms with E-state index in [1.165, 1.54) is 31.0 Å². The number of aliphatic imine (C=N–C) groups is 1. The number of benzene rings is 1. The smallest absolute Gasteiger partial charge is 0.459 e. The van der Waals surface area contributed by atoms with E-state index in [9.17, 15) is 19.6 Å². The molecule has 42 heavy (non-hydrogen) atoms. The van der Waals surface area contributed by atoms with Gasteiger partial charge in [0.25, 0.3) is 0 Å². The summed E-state index contributed by atoms with van der Waals surface area (Å²) in [7, 11) is -2.79. The van der Waals surface area contributed by atoms with Gasteiger partial charge >= 0.3 is 13.7 Å². The molecule has 5 N–H and O–H groups in total. The summed E-state index contributed by atoms with van der Waals surface area (Å²) in [5, 5.41) is 29.1. The van der Waals surface area contributed by atoms with E-state index in [0.29, 0.717) is 11.2 Å². The molecular weight excluding hydrogens is 567 g/mol. The first-order valence-corrected chi connectivity index (χ1v) is 14.8. The number of carbonyl (C=O) groups excluding carboxylic acids is 1. The van der Waals surface area contributed by atoms with E-state index < -0.39 is 50.3 Å². The van der Waals surface area contributed by atoms with Gasteiger partial charge < -0.3 is 29.9 Å². The molecule has 1 aliphatic heterocycles. The molecule has 228 valence electrons. The molecule has 0 aliphatic carbocycles. The van der Waals surface area contributed by atoms with Crippen molar-refractivity contribution in [2.45, 2.75) is 57.6 Å². The van der Waals surface area contributed by atoms with Crippen molar-refractivity contribution < 1.29 is 38.1 Å². The number of aliphatic hydroxyl groups excluding tert-OH is 2. The van der Waals surface area contributed by atoms with Crippen molar-refractivity contribution >= 4 is 31.3 Å². The maximum atomic E-state index is 13.9. The van der Waals surface area contributed by atoms with E-state index in [0.717, 1.165) is 0 Å². The first-order valence-electron chi connectivity index (χ1n) is 13.3. The summed E-state index contributed by atoms with van der Waals surface area (Å²) >= 11 is 0. The van der Waals surface area contributed by atoms with Gasteiger partial charge in [0.2, 0.25) is 0 Å². The Balaban J connectivity index is 1.57. The van der Waals surface area contributed by atoms with Gasteiger partial charge in [0.15, 0.2) is 11.4 Å². The Morgan fingerprint density at radius 3 is 2.67 bits per heavy atom. The Hall–Kier alpha value is -3.39. The van der Waals surface area contributed by atoms with Crippen molar-refractivity contribution in [1.29, 1.82) is 0 Å². The number of carbonyl (C=O) groups is 1. The molecule has 2 aromatic heterocycles. The van der Waals surface area contributed by atoms with Gasteiger partial charge in [-0.05, 0) is 36.6 Å². The molecule has 15 heteroatoms. The van der Waals surface area contributed by atoms with Crippen molar-refractivity contribution in [2.24, 2.45) is 10.4 Å². The minimum absolute atomic E-state index is 0.147. The Morgan fingerprint density at radius 2 is 2.00 bits per heavy atom. The second-order valence-electron chi connectivity index (χ2n) is 11.1. The van der Waals surface area contributed by atoms with Crippen LogP contribution in [0.4, 0.5) is 5.82 Å². The second kappa shape index (κ2) is 12.5. The first-order chi connectivity index (χ1) is 19.8. The van der Waals surface area contributed by atoms with E-state index >= 15 is 0 Å². The van der Waals surface area contributed by atoms with E-state index in [1.807, 2.05) is 20.8 Å². The number of nitrogen functional groups attached to an aromatic ring is 1. The summed E-state index contributed by atoms with van der Waals surface area (Å²) in [6.07, 6.45) is -1.66. The molecule has 1 unspecified atom stereocenters. The molecule has 14 nitrogen and oxygen atoms in total. The number of anilines is 1. The lowest BCUT2D eigenvalue weighted by Gasteiger charge is -2.28. The fourth-order valence-corrected chi connectivity index (χ4v) is 5.89. The van der Waals surface area contributed by atoms with Gasteiger partial charge in [-0.3, -0.25) is 14.3 Å². The average Bonchev–Trinajstić information content (AvgIpc) is 3.48. The van der Waals surface area contributed by atoms with Crippen LogP contribution >= 0.6 is 7.75 Å². The number of hydrogen-bond acceptors (Lipinski definition) is 12. The van der Waals surface area contributed by atoms with Crippen LogP contribution in [-0.4, -0.2) is 81.6 Å². The number of nitrogens with two attached hydrogens (primary N) is 1. The van der Waals surface area contributed by atoms with Crippen molar-refractivity contribution in [2.75, 3.05) is 26.0 Å². The molecule has 0 spiro atoms. The molecule has 0 bridgehead atoms. The third-order valence-electron chi connectivity index (χ3n) is 6.42.